The number of ether oxygens (including phenoxy) is 1. The van der Waals surface area contributed by atoms with Gasteiger partial charge in [-0.15, -0.1) is 0 Å². The number of nitrogens with zero attached hydrogens (tertiary/aromatic N) is 1. The Labute approximate surface area is 205 Å². The van der Waals surface area contributed by atoms with Crippen molar-refractivity contribution in [1.29, 1.82) is 0 Å². The van der Waals surface area contributed by atoms with Gasteiger partial charge in [-0.2, -0.15) is 0 Å². The molecule has 0 bridgehead atoms. The Morgan fingerprint density at radius 1 is 1.09 bits per heavy atom. The van der Waals surface area contributed by atoms with E-state index in [-0.39, 0.29) is 17.2 Å². The second-order valence-electron chi connectivity index (χ2n) is 10.0. The van der Waals surface area contributed by atoms with Crippen LogP contribution in [0.25, 0.3) is 0 Å². The second kappa shape index (κ2) is 14.0. The van der Waals surface area contributed by atoms with Gasteiger partial charge < -0.3 is 14.7 Å². The maximum absolute atomic E-state index is 12.5. The number of aliphatic hydroxyl groups excluding tert-OH is 1. The van der Waals surface area contributed by atoms with E-state index in [1.807, 2.05) is 4.90 Å². The van der Waals surface area contributed by atoms with E-state index in [0.717, 1.165) is 76.5 Å². The minimum Gasteiger partial charge on any atom is -0.504 e. The predicted molar refractivity (Wildman–Crippen MR) is 138 cm³/mol. The van der Waals surface area contributed by atoms with Crippen molar-refractivity contribution in [3.8, 4) is 0 Å². The first kappa shape index (κ1) is 27.7. The molecule has 1 N–H and O–H groups in total. The topological polar surface area (TPSA) is 66.8 Å². The Hall–Kier alpha value is -2.56. The summed E-state index contributed by atoms with van der Waals surface area (Å²) in [5.41, 5.74) is 4.04. The van der Waals surface area contributed by atoms with Gasteiger partial charge in [0.25, 0.3) is 0 Å². The van der Waals surface area contributed by atoms with E-state index in [4.69, 9.17) is 4.74 Å². The van der Waals surface area contributed by atoms with Crippen molar-refractivity contribution in [2.75, 3.05) is 13.1 Å². The fraction of sp³-hybridized carbons (Fsp3) is 0.586. The lowest BCUT2D eigenvalue weighted by atomic mass is 10.0. The molecule has 0 aliphatic carbocycles. The summed E-state index contributed by atoms with van der Waals surface area (Å²) in [6, 6.07) is 0. The van der Waals surface area contributed by atoms with Crippen molar-refractivity contribution in [1.82, 2.24) is 4.90 Å². The molecule has 2 rings (SSSR count). The molecule has 0 aromatic carbocycles. The highest BCUT2D eigenvalue weighted by molar-refractivity contribution is 5.95. The van der Waals surface area contributed by atoms with Crippen LogP contribution in [0, 0.1) is 5.92 Å². The van der Waals surface area contributed by atoms with E-state index < -0.39 is 5.97 Å². The van der Waals surface area contributed by atoms with Crippen LogP contribution in [-0.4, -0.2) is 35.0 Å². The third-order valence-corrected chi connectivity index (χ3v) is 6.49. The normalized spacial score (nSPS) is 18.6. The van der Waals surface area contributed by atoms with Crippen LogP contribution < -0.4 is 0 Å². The number of hydrogen-bond acceptors (Lipinski definition) is 4. The third kappa shape index (κ3) is 9.00. The number of amides is 1. The zero-order valence-electron chi connectivity index (χ0n) is 21.8. The fourth-order valence-electron chi connectivity index (χ4n) is 4.06. The second-order valence-corrected chi connectivity index (χ2v) is 10.0. The third-order valence-electron chi connectivity index (χ3n) is 6.49. The van der Waals surface area contributed by atoms with E-state index >= 15 is 0 Å². The van der Waals surface area contributed by atoms with E-state index in [0.29, 0.717) is 11.7 Å². The number of aliphatic hydroxyl groups is 1. The van der Waals surface area contributed by atoms with E-state index in [2.05, 4.69) is 45.9 Å². The van der Waals surface area contributed by atoms with Crippen LogP contribution in [-0.2, 0) is 14.3 Å². The van der Waals surface area contributed by atoms with E-state index in [1.165, 1.54) is 11.1 Å². The lowest BCUT2D eigenvalue weighted by Crippen LogP contribution is -2.28. The van der Waals surface area contributed by atoms with Gasteiger partial charge in [0.15, 0.2) is 11.5 Å². The Bertz CT molecular complexity index is 886. The molecular weight excluding hydrogens is 426 g/mol. The molecule has 2 aliphatic rings. The summed E-state index contributed by atoms with van der Waals surface area (Å²) in [7, 11) is 0. The average molecular weight is 470 g/mol. The SMILES string of the molecule is CC1=C(O)/C(=C/CCCC/C(C)=C\CC/C(C)=C\CCC2=CCN(CCC(C)C)C2=O)OC1=O. The molecule has 5 heteroatoms. The maximum atomic E-state index is 12.5. The van der Waals surface area contributed by atoms with Gasteiger partial charge in [0.05, 0.1) is 5.57 Å². The number of unbranched alkanes of at least 4 members (excludes halogenated alkanes) is 2. The monoisotopic (exact) mass is 469 g/mol. The molecule has 0 spiro atoms. The Morgan fingerprint density at radius 2 is 1.79 bits per heavy atom. The first-order valence-corrected chi connectivity index (χ1v) is 12.8. The predicted octanol–water partition coefficient (Wildman–Crippen LogP) is 7.09. The minimum absolute atomic E-state index is 0.0281. The zero-order chi connectivity index (χ0) is 25.1. The number of carbonyl (C=O) groups excluding carboxylic acids is 2. The van der Waals surface area contributed by atoms with Gasteiger partial charge in [-0.05, 0) is 90.6 Å². The Balaban J connectivity index is 1.59. The molecule has 0 unspecified atom stereocenters. The van der Waals surface area contributed by atoms with Gasteiger partial charge >= 0.3 is 5.97 Å². The van der Waals surface area contributed by atoms with Crippen LogP contribution in [0.15, 0.2) is 58.1 Å². The molecule has 1 amide bonds. The molecule has 0 saturated carbocycles. The molecular formula is C29H43NO4. The van der Waals surface area contributed by atoms with Gasteiger partial charge in [-0.1, -0.05) is 43.2 Å². The first-order valence-electron chi connectivity index (χ1n) is 12.8. The number of esters is 1. The highest BCUT2D eigenvalue weighted by Gasteiger charge is 2.25. The molecule has 0 aromatic rings. The van der Waals surface area contributed by atoms with Crippen LogP contribution in [0.3, 0.4) is 0 Å². The Kier molecular flexibility index (Phi) is 11.4. The largest absolute Gasteiger partial charge is 0.504 e. The first-order chi connectivity index (χ1) is 16.2. The van der Waals surface area contributed by atoms with Crippen LogP contribution in [0.1, 0.15) is 92.4 Å². The fourth-order valence-corrected chi connectivity index (χ4v) is 4.06. The summed E-state index contributed by atoms with van der Waals surface area (Å²) in [6.45, 7) is 12.0. The molecule has 5 nitrogen and oxygen atoms in total. The van der Waals surface area contributed by atoms with Crippen molar-refractivity contribution in [3.63, 3.8) is 0 Å². The summed E-state index contributed by atoms with van der Waals surface area (Å²) >= 11 is 0. The number of rotatable bonds is 14. The minimum atomic E-state index is -0.459. The van der Waals surface area contributed by atoms with Gasteiger partial charge in [0.2, 0.25) is 5.91 Å². The highest BCUT2D eigenvalue weighted by Crippen LogP contribution is 2.24. The molecule has 0 fully saturated rings. The number of cyclic esters (lactones) is 1. The standard InChI is InChI=1S/C29H43NO4/c1-21(2)17-19-30-20-18-25(28(30)32)15-10-14-23(4)13-9-12-22(3)11-7-6-8-16-26-27(31)24(5)29(33)34-26/h12,14,16,18,21,31H,6-11,13,15,17,19-20H2,1-5H3/b22-12-,23-14-,26-16-. The number of hydrogen-bond donors (Lipinski definition) is 1. The van der Waals surface area contributed by atoms with Crippen molar-refractivity contribution >= 4 is 11.9 Å². The summed E-state index contributed by atoms with van der Waals surface area (Å²) in [5.74, 6) is 0.669. The molecule has 0 aromatic heterocycles. The Morgan fingerprint density at radius 3 is 2.47 bits per heavy atom. The quantitative estimate of drug-likeness (QED) is 0.168. The van der Waals surface area contributed by atoms with Crippen molar-refractivity contribution in [3.05, 3.63) is 58.1 Å². The van der Waals surface area contributed by atoms with Gasteiger partial charge in [-0.3, -0.25) is 4.79 Å². The summed E-state index contributed by atoms with van der Waals surface area (Å²) in [6.07, 6.45) is 17.3. The molecule has 188 valence electrons. The van der Waals surface area contributed by atoms with Crippen LogP contribution in [0.2, 0.25) is 0 Å². The highest BCUT2D eigenvalue weighted by atomic mass is 16.6. The molecule has 2 aliphatic heterocycles. The number of allylic oxidation sites excluding steroid dienone is 5. The van der Waals surface area contributed by atoms with Crippen LogP contribution in [0.4, 0.5) is 0 Å². The van der Waals surface area contributed by atoms with E-state index in [9.17, 15) is 14.7 Å². The van der Waals surface area contributed by atoms with Gasteiger partial charge in [-0.25, -0.2) is 4.79 Å². The lowest BCUT2D eigenvalue weighted by molar-refractivity contribution is -0.133. The van der Waals surface area contributed by atoms with Crippen LogP contribution >= 0.6 is 0 Å². The van der Waals surface area contributed by atoms with Crippen molar-refractivity contribution < 1.29 is 19.4 Å². The maximum Gasteiger partial charge on any atom is 0.343 e. The average Bonchev–Trinajstić information content (AvgIpc) is 3.25. The smallest absolute Gasteiger partial charge is 0.343 e. The van der Waals surface area contributed by atoms with E-state index in [1.54, 1.807) is 13.0 Å². The summed E-state index contributed by atoms with van der Waals surface area (Å²) in [5, 5.41) is 9.81. The molecule has 2 heterocycles. The molecule has 0 atom stereocenters. The van der Waals surface area contributed by atoms with Crippen LogP contribution in [0.5, 0.6) is 0 Å². The van der Waals surface area contributed by atoms with Gasteiger partial charge in [0, 0.05) is 18.7 Å². The number of carbonyl (C=O) groups is 2. The molecule has 0 saturated heterocycles. The molecule has 0 radical (unpaired) electrons. The lowest BCUT2D eigenvalue weighted by Gasteiger charge is -2.17. The summed E-state index contributed by atoms with van der Waals surface area (Å²) in [4.78, 5) is 25.8. The van der Waals surface area contributed by atoms with Crippen molar-refractivity contribution in [2.45, 2.75) is 92.4 Å². The van der Waals surface area contributed by atoms with Crippen molar-refractivity contribution in [2.24, 2.45) is 5.92 Å². The zero-order valence-corrected chi connectivity index (χ0v) is 21.8. The summed E-state index contributed by atoms with van der Waals surface area (Å²) < 4.78 is 5.03. The molecule has 34 heavy (non-hydrogen) atoms. The van der Waals surface area contributed by atoms with Gasteiger partial charge in [0.1, 0.15) is 0 Å².